The van der Waals surface area contributed by atoms with Crippen molar-refractivity contribution >= 4 is 0 Å². The van der Waals surface area contributed by atoms with Gasteiger partial charge in [0.25, 0.3) is 0 Å². The highest BCUT2D eigenvalue weighted by atomic mass is 16.3. The zero-order valence-corrected chi connectivity index (χ0v) is 16.3. The minimum Gasteiger partial charge on any atom is -0.381 e. The van der Waals surface area contributed by atoms with E-state index in [9.17, 15) is 5.11 Å². The van der Waals surface area contributed by atoms with Gasteiger partial charge in [0.15, 0.2) is 0 Å². The van der Waals surface area contributed by atoms with Crippen LogP contribution in [0, 0.1) is 5.92 Å². The molecule has 0 heterocycles. The van der Waals surface area contributed by atoms with Gasteiger partial charge in [-0.2, -0.15) is 0 Å². The third-order valence-corrected chi connectivity index (χ3v) is 6.81. The number of aryl methyl sites for hydroxylation is 1. The highest BCUT2D eigenvalue weighted by Gasteiger charge is 2.41. The lowest BCUT2D eigenvalue weighted by Crippen LogP contribution is -2.35. The Morgan fingerprint density at radius 3 is 2.46 bits per heavy atom. The molecular weight excluding hydrogens is 318 g/mol. The lowest BCUT2D eigenvalue weighted by atomic mass is 9.70. The molecule has 2 aliphatic carbocycles. The fourth-order valence-electron chi connectivity index (χ4n) is 5.33. The van der Waals surface area contributed by atoms with E-state index in [1.165, 1.54) is 23.1 Å². The maximum absolute atomic E-state index is 11.6. The second-order valence-electron chi connectivity index (χ2n) is 8.20. The molecule has 4 rings (SSSR count). The molecule has 2 heteroatoms. The molecule has 2 aromatic carbocycles. The molecular formula is C24H31NO. The number of fused-ring (bicyclic) bond motifs is 1. The largest absolute Gasteiger partial charge is 0.381 e. The molecule has 1 N–H and O–H groups in total. The Bertz CT molecular complexity index is 791. The zero-order valence-electron chi connectivity index (χ0n) is 16.3. The van der Waals surface area contributed by atoms with Crippen LogP contribution in [0.2, 0.25) is 0 Å². The number of rotatable bonds is 4. The van der Waals surface area contributed by atoms with E-state index < -0.39 is 5.60 Å². The minimum absolute atomic E-state index is 0.505. The van der Waals surface area contributed by atoms with Gasteiger partial charge in [-0.15, -0.1) is 0 Å². The van der Waals surface area contributed by atoms with E-state index in [0.717, 1.165) is 43.6 Å². The molecule has 138 valence electrons. The van der Waals surface area contributed by atoms with Gasteiger partial charge in [-0.25, -0.2) is 0 Å². The maximum Gasteiger partial charge on any atom is 0.112 e. The van der Waals surface area contributed by atoms with E-state index in [2.05, 4.69) is 61.2 Å². The van der Waals surface area contributed by atoms with E-state index >= 15 is 0 Å². The van der Waals surface area contributed by atoms with Crippen LogP contribution in [-0.2, 0) is 18.4 Å². The van der Waals surface area contributed by atoms with E-state index in [0.29, 0.717) is 11.8 Å². The van der Waals surface area contributed by atoms with Crippen molar-refractivity contribution in [3.05, 3.63) is 70.3 Å². The second-order valence-corrected chi connectivity index (χ2v) is 8.20. The van der Waals surface area contributed by atoms with Crippen LogP contribution in [0.3, 0.4) is 0 Å². The Morgan fingerprint density at radius 2 is 1.69 bits per heavy atom. The molecule has 0 spiro atoms. The fraction of sp³-hybridized carbons (Fsp3) is 0.500. The van der Waals surface area contributed by atoms with Crippen LogP contribution in [0.5, 0.6) is 0 Å². The lowest BCUT2D eigenvalue weighted by Gasteiger charge is -2.38. The van der Waals surface area contributed by atoms with Crippen LogP contribution >= 0.6 is 0 Å². The molecule has 0 saturated carbocycles. The SMILES string of the molecule is CCN(CC)CC1CCc2cccc3c2C1Cc1ccccc1C3(C)O. The standard InChI is InChI=1S/C24H31NO/c1-4-25(5-2)16-19-14-13-17-10-8-12-22-23(17)20(19)15-18-9-6-7-11-21(18)24(22,3)26/h6-12,19-20,26H,4-5,13-16H2,1-3H3. The molecule has 0 aliphatic heterocycles. The molecule has 2 nitrogen and oxygen atoms in total. The van der Waals surface area contributed by atoms with Crippen molar-refractivity contribution in [3.8, 4) is 0 Å². The van der Waals surface area contributed by atoms with Crippen molar-refractivity contribution in [1.29, 1.82) is 0 Å². The first-order valence-corrected chi connectivity index (χ1v) is 10.2. The summed E-state index contributed by atoms with van der Waals surface area (Å²) in [6, 6.07) is 15.1. The Labute approximate surface area is 157 Å². The first kappa shape index (κ1) is 17.8. The number of hydrogen-bond donors (Lipinski definition) is 1. The van der Waals surface area contributed by atoms with Gasteiger partial charge < -0.3 is 10.0 Å². The Balaban J connectivity index is 1.85. The van der Waals surface area contributed by atoms with Crippen LogP contribution in [0.1, 0.15) is 60.9 Å². The molecule has 0 fully saturated rings. The number of aliphatic hydroxyl groups is 1. The molecule has 3 atom stereocenters. The van der Waals surface area contributed by atoms with Crippen LogP contribution in [0.4, 0.5) is 0 Å². The maximum atomic E-state index is 11.6. The Hall–Kier alpha value is -1.64. The zero-order chi connectivity index (χ0) is 18.3. The monoisotopic (exact) mass is 349 g/mol. The van der Waals surface area contributed by atoms with E-state index in [4.69, 9.17) is 0 Å². The summed E-state index contributed by atoms with van der Waals surface area (Å²) in [4.78, 5) is 2.56. The molecule has 2 aliphatic rings. The van der Waals surface area contributed by atoms with Crippen molar-refractivity contribution < 1.29 is 5.11 Å². The third-order valence-electron chi connectivity index (χ3n) is 6.81. The summed E-state index contributed by atoms with van der Waals surface area (Å²) in [6.45, 7) is 9.90. The molecule has 3 unspecified atom stereocenters. The molecule has 0 bridgehead atoms. The van der Waals surface area contributed by atoms with Crippen molar-refractivity contribution in [1.82, 2.24) is 4.90 Å². The van der Waals surface area contributed by atoms with Gasteiger partial charge in [0.05, 0.1) is 0 Å². The van der Waals surface area contributed by atoms with Crippen molar-refractivity contribution in [3.63, 3.8) is 0 Å². The number of nitrogens with zero attached hydrogens (tertiary/aromatic N) is 1. The summed E-state index contributed by atoms with van der Waals surface area (Å²) in [6.07, 6.45) is 3.43. The molecule has 0 aromatic heterocycles. The number of benzene rings is 2. The molecule has 26 heavy (non-hydrogen) atoms. The number of hydrogen-bond acceptors (Lipinski definition) is 2. The van der Waals surface area contributed by atoms with Crippen molar-refractivity contribution in [2.45, 2.75) is 51.6 Å². The van der Waals surface area contributed by atoms with Crippen LogP contribution in [0.15, 0.2) is 42.5 Å². The average Bonchev–Trinajstić information content (AvgIpc) is 2.76. The first-order valence-electron chi connectivity index (χ1n) is 10.2. The van der Waals surface area contributed by atoms with E-state index in [1.807, 2.05) is 6.92 Å². The molecule has 0 saturated heterocycles. The third kappa shape index (κ3) is 2.80. The van der Waals surface area contributed by atoms with Gasteiger partial charge in [0.2, 0.25) is 0 Å². The molecule has 0 radical (unpaired) electrons. The smallest absolute Gasteiger partial charge is 0.112 e. The van der Waals surface area contributed by atoms with Gasteiger partial charge in [-0.05, 0) is 78.9 Å². The Morgan fingerprint density at radius 1 is 1.00 bits per heavy atom. The predicted molar refractivity (Wildman–Crippen MR) is 108 cm³/mol. The summed E-state index contributed by atoms with van der Waals surface area (Å²) in [5.74, 6) is 1.16. The minimum atomic E-state index is -0.909. The average molecular weight is 350 g/mol. The highest BCUT2D eigenvalue weighted by Crippen LogP contribution is 2.48. The summed E-state index contributed by atoms with van der Waals surface area (Å²) in [7, 11) is 0. The summed E-state index contributed by atoms with van der Waals surface area (Å²) >= 11 is 0. The van der Waals surface area contributed by atoms with Gasteiger partial charge >= 0.3 is 0 Å². The van der Waals surface area contributed by atoms with Gasteiger partial charge in [-0.1, -0.05) is 56.3 Å². The van der Waals surface area contributed by atoms with E-state index in [1.54, 1.807) is 0 Å². The van der Waals surface area contributed by atoms with Crippen molar-refractivity contribution in [2.75, 3.05) is 19.6 Å². The lowest BCUT2D eigenvalue weighted by molar-refractivity contribution is 0.101. The van der Waals surface area contributed by atoms with Crippen LogP contribution < -0.4 is 0 Å². The van der Waals surface area contributed by atoms with Crippen LogP contribution in [-0.4, -0.2) is 29.6 Å². The summed E-state index contributed by atoms with van der Waals surface area (Å²) in [5, 5.41) is 11.6. The van der Waals surface area contributed by atoms with Gasteiger partial charge in [-0.3, -0.25) is 0 Å². The quantitative estimate of drug-likeness (QED) is 0.879. The van der Waals surface area contributed by atoms with Crippen LogP contribution in [0.25, 0.3) is 0 Å². The van der Waals surface area contributed by atoms with Gasteiger partial charge in [0, 0.05) is 6.54 Å². The topological polar surface area (TPSA) is 23.5 Å². The van der Waals surface area contributed by atoms with Gasteiger partial charge in [0.1, 0.15) is 5.60 Å². The molecule has 2 aromatic rings. The highest BCUT2D eigenvalue weighted by molar-refractivity contribution is 5.52. The fourth-order valence-corrected chi connectivity index (χ4v) is 5.33. The summed E-state index contributed by atoms with van der Waals surface area (Å²) < 4.78 is 0. The molecule has 0 amide bonds. The van der Waals surface area contributed by atoms with Crippen molar-refractivity contribution in [2.24, 2.45) is 5.92 Å². The Kier molecular flexibility index (Phi) is 4.66. The van der Waals surface area contributed by atoms with E-state index in [-0.39, 0.29) is 0 Å². The normalized spacial score (nSPS) is 27.0. The summed E-state index contributed by atoms with van der Waals surface area (Å²) in [5.41, 5.74) is 5.52. The second kappa shape index (κ2) is 6.83. The predicted octanol–water partition coefficient (Wildman–Crippen LogP) is 4.49. The first-order chi connectivity index (χ1) is 12.6.